The van der Waals surface area contributed by atoms with Crippen LogP contribution in [0.4, 0.5) is 0 Å². The summed E-state index contributed by atoms with van der Waals surface area (Å²) in [7, 11) is 0. The lowest BCUT2D eigenvalue weighted by atomic mass is 9.99. The van der Waals surface area contributed by atoms with E-state index in [2.05, 4.69) is 10.3 Å². The van der Waals surface area contributed by atoms with Crippen molar-refractivity contribution in [3.05, 3.63) is 53.9 Å². The molecule has 0 aliphatic carbocycles. The van der Waals surface area contributed by atoms with E-state index in [4.69, 9.17) is 0 Å². The first-order chi connectivity index (χ1) is 12.1. The average Bonchev–Trinajstić information content (AvgIpc) is 3.06. The van der Waals surface area contributed by atoms with Crippen molar-refractivity contribution in [2.75, 3.05) is 13.2 Å². The first kappa shape index (κ1) is 17.5. The van der Waals surface area contributed by atoms with Crippen LogP contribution < -0.4 is 5.32 Å². The van der Waals surface area contributed by atoms with Crippen LogP contribution >= 0.6 is 0 Å². The Morgan fingerprint density at radius 2 is 2.12 bits per heavy atom. The minimum absolute atomic E-state index is 0.197. The molecule has 6 nitrogen and oxygen atoms in total. The van der Waals surface area contributed by atoms with Crippen molar-refractivity contribution in [1.82, 2.24) is 15.4 Å². The number of nitrogens with zero attached hydrogens (tertiary/aromatic N) is 2. The molecule has 0 bridgehead atoms. The van der Waals surface area contributed by atoms with Gasteiger partial charge in [0.15, 0.2) is 0 Å². The highest BCUT2D eigenvalue weighted by Gasteiger charge is 2.30. The number of aliphatic hydroxyl groups excluding tert-OH is 1. The Morgan fingerprint density at radius 3 is 2.72 bits per heavy atom. The van der Waals surface area contributed by atoms with Crippen molar-refractivity contribution in [3.8, 4) is 11.1 Å². The fourth-order valence-corrected chi connectivity index (χ4v) is 3.21. The van der Waals surface area contributed by atoms with E-state index < -0.39 is 12.1 Å². The van der Waals surface area contributed by atoms with Crippen LogP contribution in [0.1, 0.15) is 30.0 Å². The summed E-state index contributed by atoms with van der Waals surface area (Å²) in [6, 6.07) is 8.69. The van der Waals surface area contributed by atoms with Crippen molar-refractivity contribution in [1.29, 1.82) is 0 Å². The van der Waals surface area contributed by atoms with Gasteiger partial charge >= 0.3 is 0 Å². The van der Waals surface area contributed by atoms with Crippen molar-refractivity contribution < 1.29 is 15.1 Å². The van der Waals surface area contributed by atoms with Gasteiger partial charge in [-0.2, -0.15) is 5.06 Å². The molecule has 0 spiro atoms. The summed E-state index contributed by atoms with van der Waals surface area (Å²) in [4.78, 5) is 16.4. The third-order valence-corrected chi connectivity index (χ3v) is 4.67. The zero-order valence-corrected chi connectivity index (χ0v) is 14.2. The Kier molecular flexibility index (Phi) is 5.43. The highest BCUT2D eigenvalue weighted by Crippen LogP contribution is 2.24. The van der Waals surface area contributed by atoms with Crippen LogP contribution in [0.5, 0.6) is 0 Å². The predicted molar refractivity (Wildman–Crippen MR) is 93.9 cm³/mol. The third-order valence-electron chi connectivity index (χ3n) is 4.67. The molecule has 3 rings (SSSR count). The lowest BCUT2D eigenvalue weighted by Crippen LogP contribution is -2.43. The van der Waals surface area contributed by atoms with Gasteiger partial charge in [0.1, 0.15) is 6.04 Å². The molecular formula is C19H23N3O3. The number of hydrogen-bond donors (Lipinski definition) is 3. The van der Waals surface area contributed by atoms with E-state index in [1.54, 1.807) is 6.20 Å². The number of aromatic nitrogens is 1. The molecule has 1 saturated heterocycles. The molecule has 1 unspecified atom stereocenters. The van der Waals surface area contributed by atoms with E-state index in [-0.39, 0.29) is 12.5 Å². The van der Waals surface area contributed by atoms with Gasteiger partial charge in [0, 0.05) is 18.9 Å². The number of carbonyl (C=O) groups is 1. The minimum atomic E-state index is -0.534. The first-order valence-electron chi connectivity index (χ1n) is 8.48. The van der Waals surface area contributed by atoms with E-state index in [1.807, 2.05) is 43.5 Å². The fraction of sp³-hybridized carbons (Fsp3) is 0.368. The van der Waals surface area contributed by atoms with Crippen LogP contribution in [0.2, 0.25) is 0 Å². The average molecular weight is 341 g/mol. The molecule has 2 heterocycles. The highest BCUT2D eigenvalue weighted by atomic mass is 16.5. The number of aliphatic hydroxyl groups is 1. The van der Waals surface area contributed by atoms with E-state index in [9.17, 15) is 15.1 Å². The number of nitrogens with one attached hydrogen (secondary N) is 1. The Hall–Kier alpha value is -2.28. The van der Waals surface area contributed by atoms with Crippen molar-refractivity contribution in [2.24, 2.45) is 0 Å². The van der Waals surface area contributed by atoms with Gasteiger partial charge in [-0.3, -0.25) is 9.78 Å². The molecule has 0 saturated carbocycles. The number of amides is 1. The molecular weight excluding hydrogens is 318 g/mol. The van der Waals surface area contributed by atoms with Crippen LogP contribution in [-0.2, 0) is 4.79 Å². The first-order valence-corrected chi connectivity index (χ1v) is 8.48. The molecule has 1 aliphatic rings. The van der Waals surface area contributed by atoms with Gasteiger partial charge in [0.25, 0.3) is 0 Å². The van der Waals surface area contributed by atoms with Gasteiger partial charge < -0.3 is 15.6 Å². The number of hydroxylamine groups is 2. The Morgan fingerprint density at radius 1 is 1.36 bits per heavy atom. The second-order valence-corrected chi connectivity index (χ2v) is 6.38. The number of hydrogen-bond acceptors (Lipinski definition) is 5. The lowest BCUT2D eigenvalue weighted by molar-refractivity contribution is -0.146. The molecule has 1 aromatic carbocycles. The van der Waals surface area contributed by atoms with E-state index in [0.29, 0.717) is 13.0 Å². The van der Waals surface area contributed by atoms with Gasteiger partial charge in [-0.1, -0.05) is 24.3 Å². The van der Waals surface area contributed by atoms with Crippen LogP contribution in [0.15, 0.2) is 42.7 Å². The van der Waals surface area contributed by atoms with Crippen LogP contribution in [-0.4, -0.2) is 45.5 Å². The van der Waals surface area contributed by atoms with Crippen LogP contribution in [0.3, 0.4) is 0 Å². The van der Waals surface area contributed by atoms with Gasteiger partial charge in [-0.15, -0.1) is 0 Å². The van der Waals surface area contributed by atoms with Crippen molar-refractivity contribution >= 4 is 5.91 Å². The smallest absolute Gasteiger partial charge is 0.240 e. The Labute approximate surface area is 147 Å². The number of rotatable bonds is 5. The van der Waals surface area contributed by atoms with Crippen LogP contribution in [0, 0.1) is 6.92 Å². The molecule has 1 fully saturated rings. The van der Waals surface area contributed by atoms with Gasteiger partial charge in [-0.25, -0.2) is 0 Å². The standard InChI is InChI=1S/C19H23N3O3/c1-13-11-20-9-8-16(13)14-4-6-15(7-5-14)17(12-23)21-19(24)18-3-2-10-22(18)25/h4-9,11,17-18,23,25H,2-3,10,12H2,1H3,(H,21,24)/t17-,18?/m0/s1. The summed E-state index contributed by atoms with van der Waals surface area (Å²) in [5.74, 6) is -0.256. The Bertz CT molecular complexity index is 733. The molecule has 6 heteroatoms. The molecule has 2 aromatic rings. The van der Waals surface area contributed by atoms with Crippen LogP contribution in [0.25, 0.3) is 11.1 Å². The normalized spacial score (nSPS) is 18.9. The predicted octanol–water partition coefficient (Wildman–Crippen LogP) is 2.06. The van der Waals surface area contributed by atoms with Crippen molar-refractivity contribution in [3.63, 3.8) is 0 Å². The summed E-state index contributed by atoms with van der Waals surface area (Å²) < 4.78 is 0. The molecule has 2 atom stereocenters. The highest BCUT2D eigenvalue weighted by molar-refractivity contribution is 5.82. The number of benzene rings is 1. The maximum Gasteiger partial charge on any atom is 0.240 e. The fourth-order valence-electron chi connectivity index (χ4n) is 3.21. The summed E-state index contributed by atoms with van der Waals surface area (Å²) in [6.07, 6.45) is 5.00. The quantitative estimate of drug-likeness (QED) is 0.775. The molecule has 1 amide bonds. The second kappa shape index (κ2) is 7.74. The van der Waals surface area contributed by atoms with Gasteiger partial charge in [0.2, 0.25) is 5.91 Å². The number of carbonyl (C=O) groups excluding carboxylic acids is 1. The van der Waals surface area contributed by atoms with Gasteiger partial charge in [0.05, 0.1) is 12.6 Å². The zero-order chi connectivity index (χ0) is 17.8. The van der Waals surface area contributed by atoms with Crippen molar-refractivity contribution in [2.45, 2.75) is 31.8 Å². The maximum atomic E-state index is 12.3. The molecule has 1 aliphatic heterocycles. The maximum absolute atomic E-state index is 12.3. The molecule has 3 N–H and O–H groups in total. The monoisotopic (exact) mass is 341 g/mol. The Balaban J connectivity index is 1.73. The topological polar surface area (TPSA) is 85.7 Å². The summed E-state index contributed by atoms with van der Waals surface area (Å²) in [6.45, 7) is 2.31. The zero-order valence-electron chi connectivity index (χ0n) is 14.2. The third kappa shape index (κ3) is 3.87. The summed E-state index contributed by atoms with van der Waals surface area (Å²) >= 11 is 0. The largest absolute Gasteiger partial charge is 0.394 e. The van der Waals surface area contributed by atoms with E-state index >= 15 is 0 Å². The second-order valence-electron chi connectivity index (χ2n) is 6.38. The molecule has 0 radical (unpaired) electrons. The van der Waals surface area contributed by atoms with E-state index in [0.717, 1.165) is 33.7 Å². The molecule has 1 aromatic heterocycles. The molecule has 25 heavy (non-hydrogen) atoms. The lowest BCUT2D eigenvalue weighted by Gasteiger charge is -2.22. The summed E-state index contributed by atoms with van der Waals surface area (Å²) in [5, 5.41) is 23.3. The van der Waals surface area contributed by atoms with E-state index in [1.165, 1.54) is 0 Å². The number of aryl methyl sites for hydroxylation is 1. The number of pyridine rings is 1. The van der Waals surface area contributed by atoms with Gasteiger partial charge in [-0.05, 0) is 48.1 Å². The minimum Gasteiger partial charge on any atom is -0.394 e. The molecule has 132 valence electrons. The SMILES string of the molecule is Cc1cnccc1-c1ccc([C@H](CO)NC(=O)C2CCCN2O)cc1. The summed E-state index contributed by atoms with van der Waals surface area (Å²) in [5.41, 5.74) is 4.08.